The summed E-state index contributed by atoms with van der Waals surface area (Å²) in [7, 11) is 0. The van der Waals surface area contributed by atoms with Gasteiger partial charge in [0.1, 0.15) is 17.5 Å². The van der Waals surface area contributed by atoms with Crippen LogP contribution in [0, 0.1) is 5.82 Å². The molecule has 0 amide bonds. The van der Waals surface area contributed by atoms with E-state index in [1.54, 1.807) is 18.2 Å². The average Bonchev–Trinajstić information content (AvgIpc) is 2.29. The van der Waals surface area contributed by atoms with Crippen LogP contribution >= 0.6 is 11.6 Å². The fourth-order valence-electron chi connectivity index (χ4n) is 1.52. The molecule has 0 saturated carbocycles. The van der Waals surface area contributed by atoms with Crippen LogP contribution in [-0.4, -0.2) is 4.98 Å². The molecule has 2 rings (SSSR count). The maximum Gasteiger partial charge on any atom is 0.144 e. The summed E-state index contributed by atoms with van der Waals surface area (Å²) in [5.41, 5.74) is 13.0. The highest BCUT2D eigenvalue weighted by Crippen LogP contribution is 2.23. The number of aromatic nitrogens is 1. The summed E-state index contributed by atoms with van der Waals surface area (Å²) in [6.45, 7) is 0. The molecule has 3 nitrogen and oxygen atoms in total. The minimum Gasteiger partial charge on any atom is -0.383 e. The van der Waals surface area contributed by atoms with Crippen molar-refractivity contribution in [2.24, 2.45) is 0 Å². The second kappa shape index (κ2) is 4.59. The number of anilines is 2. The summed E-state index contributed by atoms with van der Waals surface area (Å²) in [4.78, 5) is 3.94. The van der Waals surface area contributed by atoms with Crippen molar-refractivity contribution in [3.05, 3.63) is 52.3 Å². The highest BCUT2D eigenvalue weighted by Gasteiger charge is 2.07. The molecular weight excluding hydrogens is 241 g/mol. The Morgan fingerprint density at radius 2 is 1.76 bits per heavy atom. The lowest BCUT2D eigenvalue weighted by Crippen LogP contribution is -2.02. The van der Waals surface area contributed by atoms with Gasteiger partial charge in [0.2, 0.25) is 0 Å². The number of hydrogen-bond donors (Lipinski definition) is 2. The molecule has 17 heavy (non-hydrogen) atoms. The molecule has 88 valence electrons. The van der Waals surface area contributed by atoms with Crippen LogP contribution in [0.3, 0.4) is 0 Å². The minimum atomic E-state index is -0.268. The lowest BCUT2D eigenvalue weighted by molar-refractivity contribution is 0.627. The van der Waals surface area contributed by atoms with Gasteiger partial charge in [0, 0.05) is 12.0 Å². The van der Waals surface area contributed by atoms with Gasteiger partial charge in [0.15, 0.2) is 0 Å². The van der Waals surface area contributed by atoms with E-state index in [1.807, 2.05) is 0 Å². The van der Waals surface area contributed by atoms with Gasteiger partial charge in [-0.15, -0.1) is 0 Å². The molecule has 0 saturated heterocycles. The third-order valence-corrected chi connectivity index (χ3v) is 2.73. The Labute approximate surface area is 103 Å². The molecule has 0 radical (unpaired) electrons. The zero-order valence-corrected chi connectivity index (χ0v) is 9.71. The number of pyridine rings is 1. The Bertz CT molecular complexity index is 540. The van der Waals surface area contributed by atoms with Crippen molar-refractivity contribution < 1.29 is 4.39 Å². The monoisotopic (exact) mass is 251 g/mol. The smallest absolute Gasteiger partial charge is 0.144 e. The molecule has 0 aliphatic carbocycles. The Morgan fingerprint density at radius 3 is 2.41 bits per heavy atom. The van der Waals surface area contributed by atoms with Crippen molar-refractivity contribution in [3.8, 4) is 0 Å². The first-order valence-corrected chi connectivity index (χ1v) is 5.39. The number of benzene rings is 1. The highest BCUT2D eigenvalue weighted by molar-refractivity contribution is 6.32. The molecule has 0 aliphatic rings. The summed E-state index contributed by atoms with van der Waals surface area (Å²) in [5.74, 6) is 0.290. The van der Waals surface area contributed by atoms with Crippen LogP contribution in [0.4, 0.5) is 16.0 Å². The third-order valence-electron chi connectivity index (χ3n) is 2.42. The molecule has 1 aromatic heterocycles. The topological polar surface area (TPSA) is 64.9 Å². The Hall–Kier alpha value is -1.81. The molecular formula is C12H11ClFN3. The number of nitrogens with two attached hydrogens (primary N) is 2. The van der Waals surface area contributed by atoms with Crippen molar-refractivity contribution in [1.29, 1.82) is 0 Å². The van der Waals surface area contributed by atoms with E-state index in [0.29, 0.717) is 17.3 Å². The zero-order valence-electron chi connectivity index (χ0n) is 8.95. The van der Waals surface area contributed by atoms with E-state index in [2.05, 4.69) is 4.98 Å². The summed E-state index contributed by atoms with van der Waals surface area (Å²) in [6, 6.07) is 7.87. The number of nitrogen functional groups attached to an aromatic ring is 2. The molecule has 1 aromatic carbocycles. The van der Waals surface area contributed by atoms with E-state index >= 15 is 0 Å². The lowest BCUT2D eigenvalue weighted by Gasteiger charge is -2.07. The summed E-state index contributed by atoms with van der Waals surface area (Å²) >= 11 is 5.87. The standard InChI is InChI=1S/C12H11ClFN3/c13-10-6-8(11(15)17-12(10)16)5-7-1-3-9(14)4-2-7/h1-4,6H,5H2,(H4,15,16,17). The summed E-state index contributed by atoms with van der Waals surface area (Å²) in [6.07, 6.45) is 0.541. The molecule has 1 heterocycles. The Morgan fingerprint density at radius 1 is 1.12 bits per heavy atom. The van der Waals surface area contributed by atoms with Crippen LogP contribution in [0.15, 0.2) is 30.3 Å². The number of rotatable bonds is 2. The second-order valence-corrected chi connectivity index (χ2v) is 4.11. The van der Waals surface area contributed by atoms with Crippen LogP contribution in [-0.2, 0) is 6.42 Å². The van der Waals surface area contributed by atoms with Gasteiger partial charge in [-0.05, 0) is 23.8 Å². The third kappa shape index (κ3) is 2.65. The fraction of sp³-hybridized carbons (Fsp3) is 0.0833. The van der Waals surface area contributed by atoms with Gasteiger partial charge >= 0.3 is 0 Å². The SMILES string of the molecule is Nc1nc(N)c(Cc2ccc(F)cc2)cc1Cl. The molecule has 0 atom stereocenters. The predicted molar refractivity (Wildman–Crippen MR) is 67.3 cm³/mol. The maximum absolute atomic E-state index is 12.7. The molecule has 0 unspecified atom stereocenters. The first-order chi connectivity index (χ1) is 8.06. The van der Waals surface area contributed by atoms with Crippen molar-refractivity contribution in [2.75, 3.05) is 11.5 Å². The molecule has 0 aliphatic heterocycles. The van der Waals surface area contributed by atoms with Crippen LogP contribution in [0.2, 0.25) is 5.02 Å². The lowest BCUT2D eigenvalue weighted by atomic mass is 10.1. The summed E-state index contributed by atoms with van der Waals surface area (Å²) in [5, 5.41) is 0.372. The first kappa shape index (κ1) is 11.7. The van der Waals surface area contributed by atoms with E-state index in [4.69, 9.17) is 23.1 Å². The second-order valence-electron chi connectivity index (χ2n) is 3.70. The van der Waals surface area contributed by atoms with Gasteiger partial charge in [-0.3, -0.25) is 0 Å². The molecule has 0 fully saturated rings. The normalized spacial score (nSPS) is 10.5. The van der Waals surface area contributed by atoms with Crippen LogP contribution in [0.5, 0.6) is 0 Å². The van der Waals surface area contributed by atoms with Gasteiger partial charge < -0.3 is 11.5 Å². The van der Waals surface area contributed by atoms with E-state index in [1.165, 1.54) is 12.1 Å². The fourth-order valence-corrected chi connectivity index (χ4v) is 1.69. The van der Waals surface area contributed by atoms with Gasteiger partial charge in [-0.2, -0.15) is 0 Å². The summed E-state index contributed by atoms with van der Waals surface area (Å²) < 4.78 is 12.7. The molecule has 0 spiro atoms. The number of halogens is 2. The molecule has 5 heteroatoms. The number of nitrogens with zero attached hydrogens (tertiary/aromatic N) is 1. The first-order valence-electron chi connectivity index (χ1n) is 5.01. The number of hydrogen-bond acceptors (Lipinski definition) is 3. The van der Waals surface area contributed by atoms with Crippen molar-refractivity contribution in [1.82, 2.24) is 4.98 Å². The van der Waals surface area contributed by atoms with E-state index in [0.717, 1.165) is 11.1 Å². The minimum absolute atomic E-state index is 0.215. The van der Waals surface area contributed by atoms with Crippen molar-refractivity contribution >= 4 is 23.2 Å². The van der Waals surface area contributed by atoms with Crippen LogP contribution < -0.4 is 11.5 Å². The predicted octanol–water partition coefficient (Wildman–Crippen LogP) is 2.63. The van der Waals surface area contributed by atoms with Crippen molar-refractivity contribution in [3.63, 3.8) is 0 Å². The highest BCUT2D eigenvalue weighted by atomic mass is 35.5. The van der Waals surface area contributed by atoms with E-state index in [9.17, 15) is 4.39 Å². The zero-order chi connectivity index (χ0) is 12.4. The maximum atomic E-state index is 12.7. The van der Waals surface area contributed by atoms with E-state index < -0.39 is 0 Å². The quantitative estimate of drug-likeness (QED) is 0.862. The molecule has 0 bridgehead atoms. The Balaban J connectivity index is 2.30. The molecule has 2 aromatic rings. The van der Waals surface area contributed by atoms with Gasteiger partial charge in [-0.1, -0.05) is 23.7 Å². The van der Waals surface area contributed by atoms with Crippen molar-refractivity contribution in [2.45, 2.75) is 6.42 Å². The van der Waals surface area contributed by atoms with Crippen LogP contribution in [0.25, 0.3) is 0 Å². The van der Waals surface area contributed by atoms with Gasteiger partial charge in [0.05, 0.1) is 5.02 Å². The Kier molecular flexibility index (Phi) is 3.15. The molecule has 4 N–H and O–H groups in total. The van der Waals surface area contributed by atoms with Crippen LogP contribution in [0.1, 0.15) is 11.1 Å². The van der Waals surface area contributed by atoms with E-state index in [-0.39, 0.29) is 11.6 Å². The van der Waals surface area contributed by atoms with Gasteiger partial charge in [0.25, 0.3) is 0 Å². The van der Waals surface area contributed by atoms with Gasteiger partial charge in [-0.25, -0.2) is 9.37 Å². The average molecular weight is 252 g/mol. The largest absolute Gasteiger partial charge is 0.383 e.